The van der Waals surface area contributed by atoms with Crippen LogP contribution < -0.4 is 0 Å². The van der Waals surface area contributed by atoms with E-state index >= 15 is 0 Å². The summed E-state index contributed by atoms with van der Waals surface area (Å²) in [6, 6.07) is 67.3. The van der Waals surface area contributed by atoms with Gasteiger partial charge in [-0.15, -0.1) is 0 Å². The van der Waals surface area contributed by atoms with Gasteiger partial charge in [-0.25, -0.2) is 0 Å². The molecule has 0 fully saturated rings. The molecule has 0 N–H and O–H groups in total. The maximum absolute atomic E-state index is 6.79. The minimum absolute atomic E-state index is 0.763. The lowest BCUT2D eigenvalue weighted by Crippen LogP contribution is -1.94. The van der Waals surface area contributed by atoms with E-state index in [4.69, 9.17) is 8.83 Å². The number of benzene rings is 9. The Morgan fingerprint density at radius 3 is 1.62 bits per heavy atom. The molecule has 0 aliphatic rings. The van der Waals surface area contributed by atoms with Crippen LogP contribution in [0.15, 0.2) is 197 Å². The van der Waals surface area contributed by atoms with Crippen LogP contribution in [0.4, 0.5) is 0 Å². The summed E-state index contributed by atoms with van der Waals surface area (Å²) in [4.78, 5) is 0. The smallest absolute Gasteiger partial charge is 0.178 e. The van der Waals surface area contributed by atoms with Gasteiger partial charge in [0.2, 0.25) is 0 Å². The van der Waals surface area contributed by atoms with Crippen molar-refractivity contribution in [3.8, 4) is 39.3 Å². The lowest BCUT2D eigenvalue weighted by atomic mass is 9.84. The Labute approximate surface area is 315 Å². The van der Waals surface area contributed by atoms with E-state index in [-0.39, 0.29) is 0 Å². The van der Waals surface area contributed by atoms with Crippen molar-refractivity contribution in [2.45, 2.75) is 0 Å². The second kappa shape index (κ2) is 11.6. The highest BCUT2D eigenvalue weighted by molar-refractivity contribution is 6.27. The van der Waals surface area contributed by atoms with Gasteiger partial charge in [0.1, 0.15) is 11.3 Å². The molecule has 3 heterocycles. The van der Waals surface area contributed by atoms with E-state index in [0.29, 0.717) is 0 Å². The van der Waals surface area contributed by atoms with Crippen molar-refractivity contribution in [2.75, 3.05) is 0 Å². The van der Waals surface area contributed by atoms with Gasteiger partial charge in [-0.2, -0.15) is 0 Å². The quantitative estimate of drug-likeness (QED) is 0.171. The highest BCUT2D eigenvalue weighted by atomic mass is 16.4. The van der Waals surface area contributed by atoms with Gasteiger partial charge in [-0.1, -0.05) is 146 Å². The largest absolute Gasteiger partial charge is 0.452 e. The van der Waals surface area contributed by atoms with Gasteiger partial charge in [0.25, 0.3) is 0 Å². The summed E-state index contributed by atoms with van der Waals surface area (Å²) in [6.07, 6.45) is 0. The molecule has 0 radical (unpaired) electrons. The Kier molecular flexibility index (Phi) is 6.34. The molecule has 0 aliphatic heterocycles. The van der Waals surface area contributed by atoms with Crippen molar-refractivity contribution in [1.82, 2.24) is 4.57 Å². The van der Waals surface area contributed by atoms with Crippen molar-refractivity contribution in [3.63, 3.8) is 0 Å². The average Bonchev–Trinajstić information content (AvgIpc) is 3.95. The maximum atomic E-state index is 6.79. The van der Waals surface area contributed by atoms with Crippen molar-refractivity contribution >= 4 is 76.3 Å². The van der Waals surface area contributed by atoms with Gasteiger partial charge < -0.3 is 13.4 Å². The number of para-hydroxylation sites is 3. The molecule has 9 aromatic carbocycles. The molecule has 12 aromatic rings. The fourth-order valence-corrected chi connectivity index (χ4v) is 9.02. The van der Waals surface area contributed by atoms with Gasteiger partial charge >= 0.3 is 0 Å². The third-order valence-electron chi connectivity index (χ3n) is 11.4. The minimum atomic E-state index is 0.763. The zero-order chi connectivity index (χ0) is 36.0. The van der Waals surface area contributed by atoms with Crippen LogP contribution in [-0.4, -0.2) is 4.57 Å². The molecule has 0 saturated heterocycles. The molecule has 55 heavy (non-hydrogen) atoms. The second-order valence-electron chi connectivity index (χ2n) is 14.4. The molecule has 3 nitrogen and oxygen atoms in total. The summed E-state index contributed by atoms with van der Waals surface area (Å²) in [7, 11) is 0. The highest BCUT2D eigenvalue weighted by Gasteiger charge is 2.24. The fourth-order valence-electron chi connectivity index (χ4n) is 9.02. The van der Waals surface area contributed by atoms with Crippen LogP contribution >= 0.6 is 0 Å². The van der Waals surface area contributed by atoms with Crippen LogP contribution in [0.25, 0.3) is 116 Å². The third-order valence-corrected chi connectivity index (χ3v) is 11.4. The summed E-state index contributed by atoms with van der Waals surface area (Å²) in [6.45, 7) is 0. The van der Waals surface area contributed by atoms with Crippen molar-refractivity contribution in [2.24, 2.45) is 0 Å². The van der Waals surface area contributed by atoms with Crippen LogP contribution in [0.5, 0.6) is 0 Å². The molecule has 3 heteroatoms. The van der Waals surface area contributed by atoms with Gasteiger partial charge in [0, 0.05) is 38.2 Å². The Morgan fingerprint density at radius 1 is 0.327 bits per heavy atom. The predicted molar refractivity (Wildman–Crippen MR) is 229 cm³/mol. The number of hydrogen-bond acceptors (Lipinski definition) is 2. The van der Waals surface area contributed by atoms with Crippen molar-refractivity contribution in [1.29, 1.82) is 0 Å². The molecule has 0 saturated carbocycles. The number of hydrogen-bond donors (Lipinski definition) is 0. The van der Waals surface area contributed by atoms with Crippen LogP contribution in [0, 0.1) is 0 Å². The lowest BCUT2D eigenvalue weighted by molar-refractivity contribution is 0.611. The van der Waals surface area contributed by atoms with Crippen molar-refractivity contribution < 1.29 is 8.83 Å². The first-order valence-electron chi connectivity index (χ1n) is 18.8. The molecule has 0 amide bonds. The van der Waals surface area contributed by atoms with Crippen LogP contribution in [-0.2, 0) is 0 Å². The van der Waals surface area contributed by atoms with Crippen LogP contribution in [0.1, 0.15) is 0 Å². The van der Waals surface area contributed by atoms with E-state index in [1.165, 1.54) is 60.0 Å². The normalized spacial score (nSPS) is 12.0. The first-order valence-corrected chi connectivity index (χ1v) is 18.8. The summed E-state index contributed by atoms with van der Waals surface area (Å²) in [5.74, 6) is 0.817. The Balaban J connectivity index is 1.19. The van der Waals surface area contributed by atoms with E-state index in [1.807, 2.05) is 18.2 Å². The van der Waals surface area contributed by atoms with Crippen LogP contribution in [0.2, 0.25) is 0 Å². The monoisotopic (exact) mass is 701 g/mol. The molecule has 3 aromatic heterocycles. The zero-order valence-electron chi connectivity index (χ0n) is 29.7. The average molecular weight is 702 g/mol. The van der Waals surface area contributed by atoms with Crippen molar-refractivity contribution in [3.05, 3.63) is 188 Å². The Morgan fingerprint density at radius 2 is 0.891 bits per heavy atom. The fraction of sp³-hybridized carbons (Fsp3) is 0. The third kappa shape index (κ3) is 4.38. The first kappa shape index (κ1) is 30.1. The molecule has 0 unspecified atom stereocenters. The van der Waals surface area contributed by atoms with E-state index < -0.39 is 0 Å². The minimum Gasteiger partial charge on any atom is -0.452 e. The number of fused-ring (bicyclic) bond motifs is 10. The summed E-state index contributed by atoms with van der Waals surface area (Å²) >= 11 is 0. The summed E-state index contributed by atoms with van der Waals surface area (Å²) in [5.41, 5.74) is 11.7. The number of rotatable bonds is 4. The zero-order valence-corrected chi connectivity index (χ0v) is 29.7. The Hall–Kier alpha value is -7.36. The van der Waals surface area contributed by atoms with E-state index in [9.17, 15) is 0 Å². The standard InChI is InChI=1S/C52H31NO2/c1-3-15-32(16-4-1)48-31-44-42(30-43-37-20-12-14-26-47(37)54-51(43)52(44)55-48)50-40-23-9-7-21-38(40)49(39-22-8-10-24-41(39)50)33-27-28-36-35-19-11-13-25-45(35)53(46(36)29-33)34-17-5-2-6-18-34/h1-31H. The molecule has 12 rings (SSSR count). The first-order chi connectivity index (χ1) is 27.3. The molecular formula is C52H31NO2. The van der Waals surface area contributed by atoms with Gasteiger partial charge in [-0.05, 0) is 86.3 Å². The summed E-state index contributed by atoms with van der Waals surface area (Å²) in [5, 5.41) is 10.4. The highest BCUT2D eigenvalue weighted by Crippen LogP contribution is 2.49. The second-order valence-corrected chi connectivity index (χ2v) is 14.4. The number of furan rings is 2. The van der Waals surface area contributed by atoms with E-state index in [0.717, 1.165) is 55.5 Å². The molecule has 0 aliphatic carbocycles. The number of aromatic nitrogens is 1. The van der Waals surface area contributed by atoms with Gasteiger partial charge in [0.15, 0.2) is 11.2 Å². The molecule has 256 valence electrons. The predicted octanol–water partition coefficient (Wildman–Crippen LogP) is 14.7. The molecule has 0 spiro atoms. The topological polar surface area (TPSA) is 31.2 Å². The summed E-state index contributed by atoms with van der Waals surface area (Å²) < 4.78 is 15.8. The molecular weight excluding hydrogens is 671 g/mol. The Bertz CT molecular complexity index is 3420. The molecule has 0 atom stereocenters. The molecule has 0 bridgehead atoms. The number of nitrogens with zero attached hydrogens (tertiary/aromatic N) is 1. The lowest BCUT2D eigenvalue weighted by Gasteiger charge is -2.18. The van der Waals surface area contributed by atoms with Gasteiger partial charge in [0.05, 0.1) is 11.0 Å². The van der Waals surface area contributed by atoms with Gasteiger partial charge in [-0.3, -0.25) is 0 Å². The maximum Gasteiger partial charge on any atom is 0.178 e. The SMILES string of the molecule is c1ccc(-c2cc3c(-c4c5ccccc5c(-c5ccc6c7ccccc7n(-c7ccccc7)c6c5)c5ccccc45)cc4c5ccccc5oc4c3o2)cc1. The van der Waals surface area contributed by atoms with Crippen LogP contribution in [0.3, 0.4) is 0 Å². The van der Waals surface area contributed by atoms with E-state index in [2.05, 4.69) is 174 Å². The van der Waals surface area contributed by atoms with E-state index in [1.54, 1.807) is 0 Å².